The predicted octanol–water partition coefficient (Wildman–Crippen LogP) is 3.69. The molecule has 3 nitrogen and oxygen atoms in total. The van der Waals surface area contributed by atoms with E-state index in [9.17, 15) is 4.79 Å². The van der Waals surface area contributed by atoms with Crippen LogP contribution in [0.2, 0.25) is 0 Å². The van der Waals surface area contributed by atoms with Crippen molar-refractivity contribution in [2.24, 2.45) is 0 Å². The van der Waals surface area contributed by atoms with Crippen molar-refractivity contribution in [1.29, 1.82) is 0 Å². The van der Waals surface area contributed by atoms with Crippen LogP contribution in [0, 0.1) is 0 Å². The van der Waals surface area contributed by atoms with Crippen LogP contribution in [0.25, 0.3) is 0 Å². The third kappa shape index (κ3) is 21.8. The van der Waals surface area contributed by atoms with Crippen molar-refractivity contribution in [3.05, 3.63) is 0 Å². The average Bonchev–Trinajstić information content (AvgIpc) is 2.30. The number of aliphatic hydroxyl groups is 1. The Bertz CT molecular complexity index is 164. The molecule has 0 aliphatic carbocycles. The van der Waals surface area contributed by atoms with E-state index in [1.807, 2.05) is 6.92 Å². The fourth-order valence-corrected chi connectivity index (χ4v) is 1.11. The largest absolute Gasteiger partial charge is 0.466 e. The minimum atomic E-state index is -0.616. The first-order valence-corrected chi connectivity index (χ1v) is 7.00. The lowest BCUT2D eigenvalue weighted by molar-refractivity contribution is -0.143. The van der Waals surface area contributed by atoms with Crippen molar-refractivity contribution in [3.8, 4) is 0 Å². The molecule has 0 saturated heterocycles. The Balaban J connectivity index is 0. The highest BCUT2D eigenvalue weighted by Gasteiger charge is 1.99. The first-order valence-electron chi connectivity index (χ1n) is 6.13. The summed E-state index contributed by atoms with van der Waals surface area (Å²) in [5.41, 5.74) is 0. The molecule has 0 aromatic rings. The van der Waals surface area contributed by atoms with E-state index < -0.39 is 4.84 Å². The summed E-state index contributed by atoms with van der Waals surface area (Å²) in [6, 6.07) is 0. The van der Waals surface area contributed by atoms with Gasteiger partial charge in [-0.05, 0) is 13.3 Å². The quantitative estimate of drug-likeness (QED) is 0.421. The molecule has 104 valence electrons. The van der Waals surface area contributed by atoms with E-state index in [1.54, 1.807) is 0 Å². The maximum Gasteiger partial charge on any atom is 0.305 e. The zero-order valence-corrected chi connectivity index (χ0v) is 12.3. The van der Waals surface area contributed by atoms with Crippen LogP contribution in [0.1, 0.15) is 52.4 Å². The molecule has 0 spiro atoms. The van der Waals surface area contributed by atoms with E-state index in [4.69, 9.17) is 33.0 Å². The Morgan fingerprint density at radius 1 is 1.18 bits per heavy atom. The number of rotatable bonds is 8. The summed E-state index contributed by atoms with van der Waals surface area (Å²) in [5.74, 6) is -0.0472. The number of aliphatic hydroxyl groups excluding tert-OH is 1. The molecule has 17 heavy (non-hydrogen) atoms. The van der Waals surface area contributed by atoms with E-state index in [0.29, 0.717) is 13.0 Å². The van der Waals surface area contributed by atoms with Gasteiger partial charge in [-0.15, -0.1) is 23.2 Å². The second kappa shape index (κ2) is 16.0. The third-order valence-corrected chi connectivity index (χ3v) is 2.20. The number of alkyl halides is 2. The van der Waals surface area contributed by atoms with Crippen molar-refractivity contribution < 1.29 is 14.6 Å². The standard InChI is InChI=1S/C10H20O2.C2H4Cl2O/c1-3-5-6-7-8-9-10(11)12-4-2;3-2(4)1-5/h3-9H2,1-2H3;2,5H,1H2. The normalized spacial score (nSPS) is 9.76. The minimum Gasteiger partial charge on any atom is -0.466 e. The molecule has 0 rings (SSSR count). The summed E-state index contributed by atoms with van der Waals surface area (Å²) in [6.45, 7) is 4.37. The molecule has 5 heteroatoms. The van der Waals surface area contributed by atoms with Crippen LogP contribution in [0.3, 0.4) is 0 Å². The molecular weight excluding hydrogens is 263 g/mol. The van der Waals surface area contributed by atoms with Crippen LogP contribution in [-0.2, 0) is 9.53 Å². The Kier molecular flexibility index (Phi) is 18.2. The molecule has 0 radical (unpaired) electrons. The monoisotopic (exact) mass is 286 g/mol. The highest BCUT2D eigenvalue weighted by molar-refractivity contribution is 6.44. The number of hydrogen-bond donors (Lipinski definition) is 1. The van der Waals surface area contributed by atoms with Crippen molar-refractivity contribution in [2.75, 3.05) is 13.2 Å². The highest BCUT2D eigenvalue weighted by Crippen LogP contribution is 2.05. The van der Waals surface area contributed by atoms with Gasteiger partial charge in [0.05, 0.1) is 13.2 Å². The van der Waals surface area contributed by atoms with Crippen LogP contribution in [0.5, 0.6) is 0 Å². The molecule has 0 bridgehead atoms. The molecular formula is C12H24Cl2O3. The molecule has 0 unspecified atom stereocenters. The van der Waals surface area contributed by atoms with Crippen LogP contribution < -0.4 is 0 Å². The number of esters is 1. The lowest BCUT2D eigenvalue weighted by Crippen LogP contribution is -2.02. The molecule has 0 fully saturated rings. The van der Waals surface area contributed by atoms with Crippen molar-refractivity contribution in [2.45, 2.75) is 57.2 Å². The van der Waals surface area contributed by atoms with Gasteiger partial charge in [-0.25, -0.2) is 0 Å². The number of ether oxygens (including phenoxy) is 1. The van der Waals surface area contributed by atoms with Gasteiger partial charge in [0.2, 0.25) is 0 Å². The van der Waals surface area contributed by atoms with E-state index >= 15 is 0 Å². The van der Waals surface area contributed by atoms with Gasteiger partial charge in [0.1, 0.15) is 4.84 Å². The Labute approximate surface area is 114 Å². The maximum atomic E-state index is 10.9. The Hall–Kier alpha value is 0.01000. The van der Waals surface area contributed by atoms with Gasteiger partial charge in [-0.3, -0.25) is 4.79 Å². The summed E-state index contributed by atoms with van der Waals surface area (Å²) in [7, 11) is 0. The summed E-state index contributed by atoms with van der Waals surface area (Å²) >= 11 is 9.96. The van der Waals surface area contributed by atoms with E-state index in [2.05, 4.69) is 6.92 Å². The van der Waals surface area contributed by atoms with Crippen molar-refractivity contribution >= 4 is 29.2 Å². The number of carbonyl (C=O) groups is 1. The maximum absolute atomic E-state index is 10.9. The lowest BCUT2D eigenvalue weighted by Gasteiger charge is -2.00. The molecule has 0 aliphatic heterocycles. The van der Waals surface area contributed by atoms with Gasteiger partial charge in [0.25, 0.3) is 0 Å². The van der Waals surface area contributed by atoms with E-state index in [0.717, 1.165) is 12.8 Å². The molecule has 0 aromatic carbocycles. The summed E-state index contributed by atoms with van der Waals surface area (Å²) < 4.78 is 4.81. The molecule has 0 aliphatic rings. The van der Waals surface area contributed by atoms with Crippen molar-refractivity contribution in [3.63, 3.8) is 0 Å². The van der Waals surface area contributed by atoms with Gasteiger partial charge in [-0.1, -0.05) is 32.6 Å². The lowest BCUT2D eigenvalue weighted by atomic mass is 10.1. The average molecular weight is 287 g/mol. The first kappa shape index (κ1) is 19.4. The zero-order chi connectivity index (χ0) is 13.5. The van der Waals surface area contributed by atoms with Gasteiger partial charge < -0.3 is 9.84 Å². The third-order valence-electron chi connectivity index (χ3n) is 1.93. The number of hydrogen-bond acceptors (Lipinski definition) is 3. The summed E-state index contributed by atoms with van der Waals surface area (Å²) in [6.07, 6.45) is 6.52. The second-order valence-corrected chi connectivity index (χ2v) is 4.82. The topological polar surface area (TPSA) is 46.5 Å². The van der Waals surface area contributed by atoms with Gasteiger partial charge >= 0.3 is 5.97 Å². The van der Waals surface area contributed by atoms with Crippen LogP contribution in [-0.4, -0.2) is 29.1 Å². The van der Waals surface area contributed by atoms with Gasteiger partial charge in [0, 0.05) is 6.42 Å². The molecule has 1 N–H and O–H groups in total. The van der Waals surface area contributed by atoms with E-state index in [-0.39, 0.29) is 12.6 Å². The smallest absolute Gasteiger partial charge is 0.305 e. The van der Waals surface area contributed by atoms with Crippen LogP contribution >= 0.6 is 23.2 Å². The zero-order valence-electron chi connectivity index (χ0n) is 10.8. The number of unbranched alkanes of at least 4 members (excludes halogenated alkanes) is 4. The molecule has 0 aromatic heterocycles. The minimum absolute atomic E-state index is 0.0472. The van der Waals surface area contributed by atoms with Crippen LogP contribution in [0.4, 0.5) is 0 Å². The predicted molar refractivity (Wildman–Crippen MR) is 72.6 cm³/mol. The van der Waals surface area contributed by atoms with Crippen molar-refractivity contribution in [1.82, 2.24) is 0 Å². The SMILES string of the molecule is CCCCCCCC(=O)OCC.OCC(Cl)Cl. The fraction of sp³-hybridized carbons (Fsp3) is 0.917. The molecule has 0 atom stereocenters. The number of halogens is 2. The Morgan fingerprint density at radius 2 is 1.71 bits per heavy atom. The summed E-state index contributed by atoms with van der Waals surface area (Å²) in [4.78, 5) is 10.2. The van der Waals surface area contributed by atoms with Gasteiger partial charge in [0.15, 0.2) is 0 Å². The fourth-order valence-electron chi connectivity index (χ4n) is 1.11. The molecule has 0 heterocycles. The first-order chi connectivity index (χ1) is 8.08. The van der Waals surface area contributed by atoms with Crippen LogP contribution in [0.15, 0.2) is 0 Å². The van der Waals surface area contributed by atoms with Gasteiger partial charge in [-0.2, -0.15) is 0 Å². The second-order valence-electron chi connectivity index (χ2n) is 3.54. The molecule has 0 amide bonds. The summed E-state index contributed by atoms with van der Waals surface area (Å²) in [5, 5.41) is 7.88. The van der Waals surface area contributed by atoms with E-state index in [1.165, 1.54) is 19.3 Å². The Morgan fingerprint density at radius 3 is 2.12 bits per heavy atom. The molecule has 0 saturated carbocycles. The number of carbonyl (C=O) groups excluding carboxylic acids is 1. The highest BCUT2D eigenvalue weighted by atomic mass is 35.5.